The number of benzene rings is 2. The Labute approximate surface area is 249 Å². The molecule has 0 unspecified atom stereocenters. The fourth-order valence-corrected chi connectivity index (χ4v) is 20.7. The van der Waals surface area contributed by atoms with Crippen molar-refractivity contribution < 1.29 is 0 Å². The number of hydrogen-bond donors (Lipinski definition) is 0. The topological polar surface area (TPSA) is 0 Å². The summed E-state index contributed by atoms with van der Waals surface area (Å²) in [4.78, 5) is 0. The Morgan fingerprint density at radius 1 is 0.385 bits per heavy atom. The molecule has 0 heterocycles. The van der Waals surface area contributed by atoms with Crippen LogP contribution in [-0.2, 0) is 0 Å². The fraction of sp³-hybridized carbons (Fsp3) is 0.667. The molecule has 0 aliphatic heterocycles. The molecule has 39 heavy (non-hydrogen) atoms. The fourth-order valence-electron chi connectivity index (χ4n) is 8.57. The van der Waals surface area contributed by atoms with Crippen LogP contribution in [0.5, 0.6) is 0 Å². The first kappa shape index (κ1) is 28.9. The maximum atomic E-state index is 2.64. The zero-order valence-corrected chi connectivity index (χ0v) is 28.4. The maximum absolute atomic E-state index is 2.64. The van der Waals surface area contributed by atoms with Crippen molar-refractivity contribution in [2.24, 2.45) is 0 Å². The molecule has 6 rings (SSSR count). The van der Waals surface area contributed by atoms with Crippen molar-refractivity contribution in [3.05, 3.63) is 48.5 Å². The zero-order chi connectivity index (χ0) is 26.3. The van der Waals surface area contributed by atoms with Crippen LogP contribution in [0.3, 0.4) is 0 Å². The van der Waals surface area contributed by atoms with Gasteiger partial charge in [0.2, 0.25) is 0 Å². The summed E-state index contributed by atoms with van der Waals surface area (Å²) in [7, 11) is -0.0436. The van der Waals surface area contributed by atoms with Crippen molar-refractivity contribution >= 4 is 50.7 Å². The molecule has 0 bridgehead atoms. The molecule has 4 aliphatic carbocycles. The third kappa shape index (κ3) is 7.26. The van der Waals surface area contributed by atoms with Crippen LogP contribution >= 0.6 is 15.8 Å². The molecular formula is C36H52GeP2. The molecule has 0 spiro atoms. The third-order valence-corrected chi connectivity index (χ3v) is 21.5. The van der Waals surface area contributed by atoms with Gasteiger partial charge >= 0.3 is 250 Å². The summed E-state index contributed by atoms with van der Waals surface area (Å²) in [6.45, 7) is 0. The molecule has 4 fully saturated rings. The van der Waals surface area contributed by atoms with Crippen molar-refractivity contribution in [1.82, 2.24) is 0 Å². The molecule has 2 radical (unpaired) electrons. The summed E-state index contributed by atoms with van der Waals surface area (Å²) in [5.41, 5.74) is 4.01. The van der Waals surface area contributed by atoms with Crippen LogP contribution in [0.25, 0.3) is 0 Å². The summed E-state index contributed by atoms with van der Waals surface area (Å²) in [6.07, 6.45) is 30.0. The zero-order valence-electron chi connectivity index (χ0n) is 24.5. The van der Waals surface area contributed by atoms with Crippen LogP contribution < -0.4 is 19.4 Å². The van der Waals surface area contributed by atoms with E-state index in [0.29, 0.717) is 0 Å². The first-order chi connectivity index (χ1) is 19.4. The predicted octanol–water partition coefficient (Wildman–Crippen LogP) is 8.89. The van der Waals surface area contributed by atoms with E-state index in [1.54, 1.807) is 0 Å². The molecule has 3 heteroatoms. The average molecular weight is 619 g/mol. The van der Waals surface area contributed by atoms with Crippen LogP contribution in [-0.4, -0.2) is 38.1 Å². The molecule has 0 aromatic heterocycles. The summed E-state index contributed by atoms with van der Waals surface area (Å²) >= 11 is -0.320. The second-order valence-electron chi connectivity index (χ2n) is 13.1. The van der Waals surface area contributed by atoms with Crippen LogP contribution in [0, 0.1) is 0 Å². The van der Waals surface area contributed by atoms with Gasteiger partial charge in [0.05, 0.1) is 0 Å². The van der Waals surface area contributed by atoms with Crippen LogP contribution in [0.15, 0.2) is 48.5 Å². The van der Waals surface area contributed by atoms with Gasteiger partial charge in [-0.25, -0.2) is 0 Å². The summed E-state index contributed by atoms with van der Waals surface area (Å²) in [5.74, 6) is 0. The predicted molar refractivity (Wildman–Crippen MR) is 179 cm³/mol. The molecule has 4 saturated carbocycles. The van der Waals surface area contributed by atoms with Gasteiger partial charge in [-0.15, -0.1) is 0 Å². The Kier molecular flexibility index (Phi) is 11.0. The molecule has 4 aliphatic rings. The second-order valence-corrected chi connectivity index (χ2v) is 21.4. The van der Waals surface area contributed by atoms with Gasteiger partial charge in [-0.3, -0.25) is 0 Å². The van der Waals surface area contributed by atoms with E-state index in [-0.39, 0.29) is 31.3 Å². The van der Waals surface area contributed by atoms with E-state index in [2.05, 4.69) is 48.5 Å². The SMILES string of the molecule is c1ccc(P(C2CCCCC2)C2CCCCC2)[c]([Ge][c]2ccccc2P(C2CCCCC2)C2CCCCC2)c1. The normalized spacial score (nSPS) is 23.0. The van der Waals surface area contributed by atoms with E-state index in [1.807, 2.05) is 19.4 Å². The van der Waals surface area contributed by atoms with Crippen LogP contribution in [0.1, 0.15) is 128 Å². The quantitative estimate of drug-likeness (QED) is 0.205. The van der Waals surface area contributed by atoms with E-state index in [0.717, 1.165) is 22.6 Å². The van der Waals surface area contributed by atoms with Crippen LogP contribution in [0.2, 0.25) is 0 Å². The molecule has 210 valence electrons. The van der Waals surface area contributed by atoms with Gasteiger partial charge in [0.1, 0.15) is 0 Å². The first-order valence-electron chi connectivity index (χ1n) is 16.9. The number of hydrogen-bond acceptors (Lipinski definition) is 0. The molecule has 2 aromatic rings. The molecule has 0 atom stereocenters. The van der Waals surface area contributed by atoms with Gasteiger partial charge in [-0.05, 0) is 0 Å². The Morgan fingerprint density at radius 2 is 0.667 bits per heavy atom. The molecule has 0 N–H and O–H groups in total. The van der Waals surface area contributed by atoms with Gasteiger partial charge in [0.15, 0.2) is 0 Å². The average Bonchev–Trinajstić information content (AvgIpc) is 3.01. The monoisotopic (exact) mass is 620 g/mol. The molecule has 0 saturated heterocycles. The number of rotatable bonds is 8. The Bertz CT molecular complexity index is 895. The first-order valence-corrected chi connectivity index (χ1v) is 22.0. The Hall–Kier alpha value is -0.157. The second kappa shape index (κ2) is 14.8. The van der Waals surface area contributed by atoms with Gasteiger partial charge < -0.3 is 0 Å². The Balaban J connectivity index is 1.34. The summed E-state index contributed by atoms with van der Waals surface area (Å²) in [5, 5.41) is 3.75. The van der Waals surface area contributed by atoms with Gasteiger partial charge in [0, 0.05) is 0 Å². The van der Waals surface area contributed by atoms with Gasteiger partial charge in [0.25, 0.3) is 0 Å². The van der Waals surface area contributed by atoms with E-state index in [9.17, 15) is 0 Å². The van der Waals surface area contributed by atoms with Crippen LogP contribution in [0.4, 0.5) is 0 Å². The van der Waals surface area contributed by atoms with E-state index >= 15 is 0 Å². The molecule has 0 amide bonds. The third-order valence-electron chi connectivity index (χ3n) is 10.5. The summed E-state index contributed by atoms with van der Waals surface area (Å²) < 4.78 is 3.66. The van der Waals surface area contributed by atoms with Crippen molar-refractivity contribution in [3.8, 4) is 0 Å². The van der Waals surface area contributed by atoms with Crippen molar-refractivity contribution in [2.75, 3.05) is 0 Å². The van der Waals surface area contributed by atoms with Crippen molar-refractivity contribution in [1.29, 1.82) is 0 Å². The van der Waals surface area contributed by atoms with Crippen molar-refractivity contribution in [3.63, 3.8) is 0 Å². The standard InChI is InChI=1S/C36H52GeP2/c1-5-17-29(18-6-1)38(30-19-7-2-8-20-30)35-27-15-13-25-33(35)37-34-26-14-16-28-36(34)39(31-21-9-3-10-22-31)32-23-11-4-12-24-32/h13-16,25-32H,1-12,17-24H2. The molecule has 2 aromatic carbocycles. The summed E-state index contributed by atoms with van der Waals surface area (Å²) in [6, 6.07) is 20.1. The van der Waals surface area contributed by atoms with Crippen molar-refractivity contribution in [2.45, 2.75) is 151 Å². The molecule has 0 nitrogen and oxygen atoms in total. The molecular weight excluding hydrogens is 567 g/mol. The van der Waals surface area contributed by atoms with E-state index < -0.39 is 0 Å². The van der Waals surface area contributed by atoms with E-state index in [4.69, 9.17) is 0 Å². The van der Waals surface area contributed by atoms with Gasteiger partial charge in [-0.1, -0.05) is 0 Å². The van der Waals surface area contributed by atoms with E-state index in [1.165, 1.54) is 128 Å². The Morgan fingerprint density at radius 3 is 0.974 bits per heavy atom. The minimum absolute atomic E-state index is 0.0218. The minimum atomic E-state index is -0.320. The van der Waals surface area contributed by atoms with Gasteiger partial charge in [-0.2, -0.15) is 0 Å².